The lowest BCUT2D eigenvalue weighted by Crippen LogP contribution is -2.47. The highest BCUT2D eigenvalue weighted by molar-refractivity contribution is 7.45. The molecule has 3 atom stereocenters. The molecule has 10 heteroatoms. The predicted molar refractivity (Wildman–Crippen MR) is 284 cm³/mol. The number of nitrogens with one attached hydrogen (secondary N) is 1. The molecule has 0 rings (SSSR count). The number of allylic oxidation sites excluding steroid dienone is 5. The van der Waals surface area contributed by atoms with Crippen molar-refractivity contribution in [3.63, 3.8) is 0 Å². The number of likely N-dealkylation sites (N-methyl/N-ethyl adjacent to an activating group) is 1. The second kappa shape index (κ2) is 47.9. The number of unbranched alkanes of at least 4 members (excludes halogenated alkanes) is 31. The van der Waals surface area contributed by atoms with Crippen LogP contribution in [0.25, 0.3) is 0 Å². The zero-order valence-electron chi connectivity index (χ0n) is 44.9. The third-order valence-electron chi connectivity index (χ3n) is 12.5. The minimum atomic E-state index is -4.69. The van der Waals surface area contributed by atoms with Crippen molar-refractivity contribution in [2.45, 2.75) is 277 Å². The third kappa shape index (κ3) is 49.0. The molecule has 0 saturated carbocycles. The maximum Gasteiger partial charge on any atom is 0.306 e. The highest BCUT2D eigenvalue weighted by Gasteiger charge is 2.27. The van der Waals surface area contributed by atoms with Crippen molar-refractivity contribution in [3.05, 3.63) is 36.5 Å². The molecule has 0 fully saturated rings. The summed E-state index contributed by atoms with van der Waals surface area (Å²) in [5.74, 6) is -0.552. The third-order valence-corrected chi connectivity index (χ3v) is 13.5. The summed E-state index contributed by atoms with van der Waals surface area (Å²) in [6.07, 6.45) is 55.3. The van der Waals surface area contributed by atoms with Gasteiger partial charge in [-0.25, -0.2) is 0 Å². The van der Waals surface area contributed by atoms with E-state index < -0.39 is 26.6 Å². The molecule has 394 valence electrons. The Bertz CT molecular complexity index is 1250. The van der Waals surface area contributed by atoms with Gasteiger partial charge >= 0.3 is 5.97 Å². The maximum absolute atomic E-state index is 13.5. The van der Waals surface area contributed by atoms with Gasteiger partial charge in [0.1, 0.15) is 19.3 Å². The number of phosphoric ester groups is 1. The number of hydrogen-bond acceptors (Lipinski definition) is 7. The van der Waals surface area contributed by atoms with Crippen molar-refractivity contribution in [1.82, 2.24) is 5.32 Å². The second-order valence-corrected chi connectivity index (χ2v) is 21.8. The number of phosphoric acid groups is 1. The van der Waals surface area contributed by atoms with Crippen LogP contribution in [-0.2, 0) is 27.9 Å². The van der Waals surface area contributed by atoms with Gasteiger partial charge in [-0.05, 0) is 76.7 Å². The molecule has 0 bridgehead atoms. The predicted octanol–water partition coefficient (Wildman–Crippen LogP) is 16.1. The van der Waals surface area contributed by atoms with Crippen molar-refractivity contribution in [3.8, 4) is 0 Å². The molecule has 3 unspecified atom stereocenters. The molecule has 0 spiro atoms. The molecule has 0 aromatic rings. The first-order valence-corrected chi connectivity index (χ1v) is 29.8. The van der Waals surface area contributed by atoms with Gasteiger partial charge in [0.05, 0.1) is 33.8 Å². The van der Waals surface area contributed by atoms with E-state index in [1.807, 2.05) is 33.3 Å². The van der Waals surface area contributed by atoms with Gasteiger partial charge in [0.25, 0.3) is 7.82 Å². The number of rotatable bonds is 51. The maximum atomic E-state index is 13.5. The molecule has 0 aliphatic rings. The SMILES string of the molecule is CCCC/C=C\CCCCCCCC(=O)OC(/C=C/CCCCCCCCCCCCC)C(COP(=O)([O-])OCC[N+](C)(C)C)NC(=O)CCCCCCCCC/C=C/CCCCCCCC. The van der Waals surface area contributed by atoms with Crippen LogP contribution < -0.4 is 10.2 Å². The fraction of sp³-hybridized carbons (Fsp3) is 0.860. The van der Waals surface area contributed by atoms with Crippen LogP contribution in [0.2, 0.25) is 0 Å². The standard InChI is InChI=1S/C57H109N2O7P/c1-7-10-13-16-19-22-25-27-28-29-30-32-35-37-40-43-46-49-56(60)58-54(53-65-67(62,63)64-52-51-59(4,5)6)55(48-45-42-39-36-34-31-26-23-20-17-14-11-8-2)66-57(61)50-47-44-41-38-33-24-21-18-15-12-9-3/h18,21,27-28,45,48,54-55H,7-17,19-20,22-26,29-44,46-47,49-53H2,1-6H3,(H-,58,60,62,63)/b21-18-,28-27+,48-45+. The quantitative estimate of drug-likeness (QED) is 0.0212. The second-order valence-electron chi connectivity index (χ2n) is 20.4. The first kappa shape index (κ1) is 65.2. The van der Waals surface area contributed by atoms with E-state index in [4.69, 9.17) is 13.8 Å². The van der Waals surface area contributed by atoms with Crippen molar-refractivity contribution < 1.29 is 37.3 Å². The van der Waals surface area contributed by atoms with Crippen LogP contribution in [0, 0.1) is 0 Å². The van der Waals surface area contributed by atoms with Crippen molar-refractivity contribution in [2.75, 3.05) is 40.9 Å². The summed E-state index contributed by atoms with van der Waals surface area (Å²) in [6.45, 7) is 6.80. The molecule has 1 amide bonds. The lowest BCUT2D eigenvalue weighted by atomic mass is 10.0. The molecule has 0 aromatic carbocycles. The van der Waals surface area contributed by atoms with Crippen molar-refractivity contribution in [2.24, 2.45) is 0 Å². The lowest BCUT2D eigenvalue weighted by Gasteiger charge is -2.30. The Labute approximate surface area is 415 Å². The number of hydrogen-bond donors (Lipinski definition) is 1. The van der Waals surface area contributed by atoms with E-state index in [2.05, 4.69) is 50.4 Å². The number of nitrogens with zero attached hydrogens (tertiary/aromatic N) is 1. The number of ether oxygens (including phenoxy) is 1. The normalized spacial score (nSPS) is 14.1. The largest absolute Gasteiger partial charge is 0.756 e. The summed E-state index contributed by atoms with van der Waals surface area (Å²) in [5.41, 5.74) is 0. The van der Waals surface area contributed by atoms with Crippen LogP contribution in [0.5, 0.6) is 0 Å². The minimum absolute atomic E-state index is 0.0232. The van der Waals surface area contributed by atoms with Gasteiger partial charge in [-0.3, -0.25) is 14.2 Å². The summed E-state index contributed by atoms with van der Waals surface area (Å²) in [5, 5.41) is 3.02. The number of esters is 1. The van der Waals surface area contributed by atoms with Crippen LogP contribution in [0.1, 0.15) is 265 Å². The summed E-state index contributed by atoms with van der Waals surface area (Å²) in [4.78, 5) is 39.8. The van der Waals surface area contributed by atoms with Crippen molar-refractivity contribution in [1.29, 1.82) is 0 Å². The Morgan fingerprint density at radius 2 is 0.881 bits per heavy atom. The first-order valence-electron chi connectivity index (χ1n) is 28.3. The zero-order chi connectivity index (χ0) is 49.4. The highest BCUT2D eigenvalue weighted by Crippen LogP contribution is 2.38. The van der Waals surface area contributed by atoms with Crippen LogP contribution in [0.3, 0.4) is 0 Å². The summed E-state index contributed by atoms with van der Waals surface area (Å²) in [7, 11) is 1.18. The van der Waals surface area contributed by atoms with Gasteiger partial charge < -0.3 is 28.5 Å². The molecule has 0 saturated heterocycles. The Morgan fingerprint density at radius 1 is 0.507 bits per heavy atom. The first-order chi connectivity index (χ1) is 32.4. The molecule has 0 aliphatic carbocycles. The van der Waals surface area contributed by atoms with E-state index in [1.54, 1.807) is 0 Å². The van der Waals surface area contributed by atoms with Gasteiger partial charge in [-0.2, -0.15) is 0 Å². The summed E-state index contributed by atoms with van der Waals surface area (Å²) < 4.78 is 30.2. The van der Waals surface area contributed by atoms with E-state index in [0.717, 1.165) is 96.3 Å². The number of carbonyl (C=O) groups is 2. The van der Waals surface area contributed by atoms with E-state index in [0.29, 0.717) is 17.4 Å². The molecule has 0 aliphatic heterocycles. The van der Waals surface area contributed by atoms with Crippen LogP contribution in [-0.4, -0.2) is 69.4 Å². The lowest BCUT2D eigenvalue weighted by molar-refractivity contribution is -0.870. The Hall–Kier alpha value is -1.77. The van der Waals surface area contributed by atoms with Crippen LogP contribution in [0.4, 0.5) is 0 Å². The Kier molecular flexibility index (Phi) is 46.6. The van der Waals surface area contributed by atoms with E-state index in [9.17, 15) is 19.0 Å². The highest BCUT2D eigenvalue weighted by atomic mass is 31.2. The van der Waals surface area contributed by atoms with Gasteiger partial charge in [0.15, 0.2) is 0 Å². The Balaban J connectivity index is 5.35. The number of quaternary nitrogens is 1. The van der Waals surface area contributed by atoms with Gasteiger partial charge in [0, 0.05) is 12.8 Å². The molecule has 67 heavy (non-hydrogen) atoms. The van der Waals surface area contributed by atoms with Gasteiger partial charge in [-0.1, -0.05) is 212 Å². The number of carbonyl (C=O) groups excluding carboxylic acids is 2. The van der Waals surface area contributed by atoms with Crippen LogP contribution >= 0.6 is 7.82 Å². The molecule has 1 N–H and O–H groups in total. The smallest absolute Gasteiger partial charge is 0.306 e. The molecular formula is C57H109N2O7P. The molecule has 0 aromatic heterocycles. The zero-order valence-corrected chi connectivity index (χ0v) is 45.8. The average Bonchev–Trinajstić information content (AvgIpc) is 3.28. The molecule has 0 heterocycles. The fourth-order valence-corrected chi connectivity index (χ4v) is 8.81. The van der Waals surface area contributed by atoms with Gasteiger partial charge in [0.2, 0.25) is 5.91 Å². The van der Waals surface area contributed by atoms with E-state index in [1.165, 1.54) is 135 Å². The topological polar surface area (TPSA) is 114 Å². The molecular weight excluding hydrogens is 856 g/mol. The summed E-state index contributed by atoms with van der Waals surface area (Å²) >= 11 is 0. The van der Waals surface area contributed by atoms with E-state index >= 15 is 0 Å². The van der Waals surface area contributed by atoms with Gasteiger partial charge in [-0.15, -0.1) is 0 Å². The Morgan fingerprint density at radius 3 is 1.31 bits per heavy atom. The fourth-order valence-electron chi connectivity index (χ4n) is 8.09. The summed E-state index contributed by atoms with van der Waals surface area (Å²) in [6, 6.07) is -0.889. The molecule has 9 nitrogen and oxygen atoms in total. The minimum Gasteiger partial charge on any atom is -0.756 e. The van der Waals surface area contributed by atoms with Crippen molar-refractivity contribution >= 4 is 19.7 Å². The number of amides is 1. The van der Waals surface area contributed by atoms with E-state index in [-0.39, 0.29) is 24.9 Å². The monoisotopic (exact) mass is 965 g/mol. The van der Waals surface area contributed by atoms with Crippen LogP contribution in [0.15, 0.2) is 36.5 Å². The molecule has 0 radical (unpaired) electrons. The average molecular weight is 965 g/mol.